The summed E-state index contributed by atoms with van der Waals surface area (Å²) < 4.78 is 14.0. The van der Waals surface area contributed by atoms with Crippen molar-refractivity contribution in [1.29, 1.82) is 0 Å². The van der Waals surface area contributed by atoms with Crippen LogP contribution in [0, 0.1) is 10.1 Å². The molecule has 1 aromatic heterocycles. The molecule has 3 N–H and O–H groups in total. The van der Waals surface area contributed by atoms with Gasteiger partial charge in [0.15, 0.2) is 10.8 Å². The van der Waals surface area contributed by atoms with E-state index in [1.165, 1.54) is 19.2 Å². The molecule has 10 heteroatoms. The van der Waals surface area contributed by atoms with Crippen LogP contribution < -0.4 is 20.7 Å². The summed E-state index contributed by atoms with van der Waals surface area (Å²) in [4.78, 5) is 10.4. The zero-order valence-electron chi connectivity index (χ0n) is 10.4. The molecule has 0 fully saturated rings. The summed E-state index contributed by atoms with van der Waals surface area (Å²) >= 11 is 1.07. The first kappa shape index (κ1) is 14.0. The van der Waals surface area contributed by atoms with E-state index in [1.807, 2.05) is 0 Å². The molecule has 0 bridgehead atoms. The molecule has 9 nitrogen and oxygen atoms in total. The number of methoxy groups -OCH3 is 1. The number of benzene rings is 1. The number of hydrogen-bond acceptors (Lipinski definition) is 9. The van der Waals surface area contributed by atoms with Gasteiger partial charge in [-0.25, -0.2) is 5.84 Å². The Morgan fingerprint density at radius 2 is 2.35 bits per heavy atom. The number of anilines is 1. The van der Waals surface area contributed by atoms with Crippen LogP contribution in [0.3, 0.4) is 0 Å². The number of nitrogens with one attached hydrogen (secondary N) is 1. The molecule has 1 heterocycles. The van der Waals surface area contributed by atoms with Crippen molar-refractivity contribution in [3.8, 4) is 11.5 Å². The largest absolute Gasteiger partial charge is 0.496 e. The van der Waals surface area contributed by atoms with Gasteiger partial charge in [0.25, 0.3) is 0 Å². The van der Waals surface area contributed by atoms with Crippen molar-refractivity contribution >= 4 is 22.2 Å². The molecule has 0 saturated heterocycles. The van der Waals surface area contributed by atoms with Gasteiger partial charge < -0.3 is 14.9 Å². The fourth-order valence-electron chi connectivity index (χ4n) is 1.45. The van der Waals surface area contributed by atoms with E-state index in [1.54, 1.807) is 6.07 Å². The lowest BCUT2D eigenvalue weighted by Crippen LogP contribution is -2.09. The Labute approximate surface area is 117 Å². The Kier molecular flexibility index (Phi) is 4.27. The van der Waals surface area contributed by atoms with Crippen LogP contribution in [0.25, 0.3) is 0 Å². The highest BCUT2D eigenvalue weighted by atomic mass is 32.1. The Balaban J connectivity index is 2.19. The first-order valence-electron chi connectivity index (χ1n) is 5.38. The van der Waals surface area contributed by atoms with Gasteiger partial charge in [-0.05, 0) is 12.1 Å². The Hall–Kier alpha value is -2.46. The summed E-state index contributed by atoms with van der Waals surface area (Å²) in [5, 5.41) is 15.3. The molecular formula is C10H11N5O4S. The number of ether oxygens (including phenoxy) is 2. The Bertz CT molecular complexity index is 617. The van der Waals surface area contributed by atoms with Gasteiger partial charge in [0.2, 0.25) is 0 Å². The van der Waals surface area contributed by atoms with Gasteiger partial charge in [0.1, 0.15) is 18.1 Å². The van der Waals surface area contributed by atoms with Crippen molar-refractivity contribution in [3.63, 3.8) is 0 Å². The maximum absolute atomic E-state index is 11.0. The van der Waals surface area contributed by atoms with E-state index in [4.69, 9.17) is 15.3 Å². The standard InChI is InChI=1S/C10H11N5O4S/c1-18-6-2-3-9(8(4-6)15(16)17)19-5-7-10(12-11)20-14-13-7/h2-4,12H,5,11H2,1H3. The van der Waals surface area contributed by atoms with Crippen molar-refractivity contribution in [2.45, 2.75) is 6.61 Å². The van der Waals surface area contributed by atoms with Crippen molar-refractivity contribution in [2.75, 3.05) is 12.5 Å². The molecule has 0 aliphatic rings. The molecule has 2 aromatic rings. The van der Waals surface area contributed by atoms with Crippen molar-refractivity contribution < 1.29 is 14.4 Å². The van der Waals surface area contributed by atoms with E-state index >= 15 is 0 Å². The van der Waals surface area contributed by atoms with Crippen LogP contribution in [0.1, 0.15) is 5.69 Å². The fourth-order valence-corrected chi connectivity index (χ4v) is 1.93. The van der Waals surface area contributed by atoms with Crippen molar-refractivity contribution in [2.24, 2.45) is 5.84 Å². The highest BCUT2D eigenvalue weighted by Crippen LogP contribution is 2.32. The van der Waals surface area contributed by atoms with Gasteiger partial charge in [-0.3, -0.25) is 10.1 Å². The maximum Gasteiger partial charge on any atom is 0.314 e. The molecule has 0 radical (unpaired) electrons. The number of aromatic nitrogens is 2. The summed E-state index contributed by atoms with van der Waals surface area (Å²) in [5.74, 6) is 5.78. The molecule has 0 amide bonds. The quantitative estimate of drug-likeness (QED) is 0.464. The summed E-state index contributed by atoms with van der Waals surface area (Å²) in [6, 6.07) is 4.33. The predicted molar refractivity (Wildman–Crippen MR) is 71.7 cm³/mol. The monoisotopic (exact) mass is 297 g/mol. The third kappa shape index (κ3) is 2.92. The molecule has 0 aliphatic carbocycles. The smallest absolute Gasteiger partial charge is 0.314 e. The third-order valence-electron chi connectivity index (χ3n) is 2.41. The number of hydrogen-bond donors (Lipinski definition) is 2. The molecule has 0 aliphatic heterocycles. The van der Waals surface area contributed by atoms with E-state index in [-0.39, 0.29) is 18.0 Å². The van der Waals surface area contributed by atoms with Crippen LogP contribution in [-0.2, 0) is 6.61 Å². The van der Waals surface area contributed by atoms with Crippen LogP contribution in [0.2, 0.25) is 0 Å². The molecule has 0 unspecified atom stereocenters. The molecule has 1 aromatic carbocycles. The topological polar surface area (TPSA) is 125 Å². The van der Waals surface area contributed by atoms with Crippen LogP contribution in [-0.4, -0.2) is 21.6 Å². The minimum absolute atomic E-state index is 0.0171. The van der Waals surface area contributed by atoms with E-state index in [2.05, 4.69) is 15.0 Å². The summed E-state index contributed by atoms with van der Waals surface area (Å²) in [5.41, 5.74) is 2.72. The average Bonchev–Trinajstić information content (AvgIpc) is 2.92. The van der Waals surface area contributed by atoms with E-state index in [0.29, 0.717) is 16.4 Å². The summed E-state index contributed by atoms with van der Waals surface area (Å²) in [6.45, 7) is 0.0171. The van der Waals surface area contributed by atoms with Crippen molar-refractivity contribution in [1.82, 2.24) is 9.59 Å². The zero-order chi connectivity index (χ0) is 14.5. The molecule has 0 spiro atoms. The first-order chi connectivity index (χ1) is 9.65. The van der Waals surface area contributed by atoms with Gasteiger partial charge in [-0.2, -0.15) is 0 Å². The van der Waals surface area contributed by atoms with Gasteiger partial charge in [-0.1, -0.05) is 4.49 Å². The number of nitro groups is 1. The van der Waals surface area contributed by atoms with Gasteiger partial charge in [-0.15, -0.1) is 5.10 Å². The van der Waals surface area contributed by atoms with Crippen LogP contribution in [0.15, 0.2) is 18.2 Å². The average molecular weight is 297 g/mol. The molecule has 2 rings (SSSR count). The summed E-state index contributed by atoms with van der Waals surface area (Å²) in [7, 11) is 1.43. The summed E-state index contributed by atoms with van der Waals surface area (Å²) in [6.07, 6.45) is 0. The molecular weight excluding hydrogens is 286 g/mol. The second-order valence-corrected chi connectivity index (χ2v) is 4.33. The SMILES string of the molecule is COc1ccc(OCc2nnsc2NN)c([N+](=O)[O-])c1. The number of nitrogens with zero attached hydrogens (tertiary/aromatic N) is 3. The Morgan fingerprint density at radius 3 is 3.00 bits per heavy atom. The van der Waals surface area contributed by atoms with Crippen molar-refractivity contribution in [3.05, 3.63) is 34.0 Å². The van der Waals surface area contributed by atoms with Crippen LogP contribution >= 0.6 is 11.5 Å². The van der Waals surface area contributed by atoms with E-state index in [0.717, 1.165) is 11.5 Å². The van der Waals surface area contributed by atoms with Gasteiger partial charge in [0, 0.05) is 11.5 Å². The van der Waals surface area contributed by atoms with Crippen LogP contribution in [0.4, 0.5) is 10.7 Å². The molecule has 20 heavy (non-hydrogen) atoms. The number of rotatable bonds is 6. The van der Waals surface area contributed by atoms with Gasteiger partial charge >= 0.3 is 5.69 Å². The lowest BCUT2D eigenvalue weighted by atomic mass is 10.3. The van der Waals surface area contributed by atoms with Crippen LogP contribution in [0.5, 0.6) is 11.5 Å². The van der Waals surface area contributed by atoms with Gasteiger partial charge in [0.05, 0.1) is 18.1 Å². The molecule has 106 valence electrons. The second kappa shape index (κ2) is 6.12. The minimum atomic E-state index is -0.542. The number of nitro benzene ring substituents is 1. The minimum Gasteiger partial charge on any atom is -0.496 e. The Morgan fingerprint density at radius 1 is 1.55 bits per heavy atom. The first-order valence-corrected chi connectivity index (χ1v) is 6.16. The lowest BCUT2D eigenvalue weighted by molar-refractivity contribution is -0.386. The highest BCUT2D eigenvalue weighted by molar-refractivity contribution is 7.10. The molecule has 0 atom stereocenters. The highest BCUT2D eigenvalue weighted by Gasteiger charge is 2.17. The fraction of sp³-hybridized carbons (Fsp3) is 0.200. The lowest BCUT2D eigenvalue weighted by Gasteiger charge is -2.07. The number of nitrogens with two attached hydrogens (primary N) is 1. The zero-order valence-corrected chi connectivity index (χ0v) is 11.2. The van der Waals surface area contributed by atoms with E-state index in [9.17, 15) is 10.1 Å². The predicted octanol–water partition coefficient (Wildman–Crippen LogP) is 1.32. The maximum atomic E-state index is 11.0. The normalized spacial score (nSPS) is 10.1. The third-order valence-corrected chi connectivity index (χ3v) is 3.11. The second-order valence-electron chi connectivity index (χ2n) is 3.57. The van der Waals surface area contributed by atoms with E-state index < -0.39 is 4.92 Å². The number of nitrogen functional groups attached to an aromatic ring is 1. The number of hydrazine groups is 1. The molecule has 0 saturated carbocycles.